The van der Waals surface area contributed by atoms with Crippen molar-refractivity contribution in [3.05, 3.63) is 77.4 Å². The number of nitrogens with one attached hydrogen (secondary N) is 4. The minimum Gasteiger partial charge on any atom is -0.481 e. The Labute approximate surface area is 270 Å². The molecule has 8 rings (SSSR count). The van der Waals surface area contributed by atoms with Crippen LogP contribution in [0.15, 0.2) is 60.7 Å². The zero-order chi connectivity index (χ0) is 33.1. The summed E-state index contributed by atoms with van der Waals surface area (Å²) in [5.74, 6) is 3.82. The van der Waals surface area contributed by atoms with Gasteiger partial charge in [-0.05, 0) is 74.2 Å². The van der Waals surface area contributed by atoms with Crippen LogP contribution in [0, 0.1) is 35.0 Å². The van der Waals surface area contributed by atoms with Crippen LogP contribution in [0.2, 0.25) is 0 Å². The minimum absolute atomic E-state index is 0.106. The first-order valence-corrected chi connectivity index (χ1v) is 15.3. The van der Waals surface area contributed by atoms with E-state index in [2.05, 4.69) is 54.8 Å². The SMILES string of the molecule is C#Cc1cnc2c(C#N)cc(N[C@H](C3=CN(C45CC(C4)C5)NN3)c3cccc4c(OC)nccc34)cc2c1NCC(C)(C)C(F)(F)F. The molecule has 3 saturated carbocycles. The molecule has 4 aliphatic rings. The molecule has 0 saturated heterocycles. The second kappa shape index (κ2) is 11.0. The first kappa shape index (κ1) is 30.5. The molecule has 3 fully saturated rings. The number of hydrogen-bond acceptors (Lipinski definition) is 9. The van der Waals surface area contributed by atoms with Crippen molar-refractivity contribution in [2.24, 2.45) is 11.3 Å². The van der Waals surface area contributed by atoms with Gasteiger partial charge in [-0.15, -0.1) is 12.0 Å². The Bertz CT molecular complexity index is 2010. The number of methoxy groups -OCH3 is 1. The molecule has 0 amide bonds. The minimum atomic E-state index is -4.45. The Morgan fingerprint density at radius 3 is 2.57 bits per heavy atom. The molecule has 1 atom stereocenters. The third-order valence-corrected chi connectivity index (χ3v) is 9.76. The van der Waals surface area contributed by atoms with Crippen molar-refractivity contribution in [1.82, 2.24) is 25.9 Å². The maximum absolute atomic E-state index is 13.8. The van der Waals surface area contributed by atoms with Gasteiger partial charge in [0.25, 0.3) is 0 Å². The van der Waals surface area contributed by atoms with Gasteiger partial charge in [0.05, 0.1) is 52.1 Å². The van der Waals surface area contributed by atoms with Gasteiger partial charge in [-0.25, -0.2) is 4.98 Å². The van der Waals surface area contributed by atoms with Gasteiger partial charge in [0.1, 0.15) is 6.07 Å². The number of hydrazine groups is 2. The molecular formula is C35H33F3N8O. The zero-order valence-electron chi connectivity index (χ0n) is 26.1. The van der Waals surface area contributed by atoms with Crippen molar-refractivity contribution >= 4 is 33.1 Å². The molecule has 0 spiro atoms. The normalized spacial score (nSPS) is 20.7. The lowest BCUT2D eigenvalue weighted by Crippen LogP contribution is -2.69. The van der Waals surface area contributed by atoms with Crippen molar-refractivity contribution in [3.8, 4) is 24.3 Å². The summed E-state index contributed by atoms with van der Waals surface area (Å²) in [5.41, 5.74) is 8.26. The Hall–Kier alpha value is -5.20. The van der Waals surface area contributed by atoms with E-state index < -0.39 is 24.2 Å². The summed E-state index contributed by atoms with van der Waals surface area (Å²) < 4.78 is 46.9. The van der Waals surface area contributed by atoms with E-state index in [1.807, 2.05) is 24.3 Å². The maximum atomic E-state index is 13.8. The summed E-state index contributed by atoms with van der Waals surface area (Å²) >= 11 is 0. The highest BCUT2D eigenvalue weighted by molar-refractivity contribution is 5.99. The van der Waals surface area contributed by atoms with E-state index in [0.29, 0.717) is 33.7 Å². The molecule has 1 aliphatic heterocycles. The molecule has 2 aromatic carbocycles. The number of rotatable bonds is 9. The standard InChI is InChI=1S/C35H33F3N8O/c1-5-21-17-41-30-22(16-39)11-23(12-27(30)29(21)42-19-33(2,3)35(36,37)38)43-31(28-18-46(45-44-28)34-13-20(14-34)15-34)25-7-6-8-26-24(25)9-10-40-32(26)47-4/h1,6-12,17-18,20,31,43-45H,13-15,19H2,2-4H3,(H,41,42)/t20?,31-,34?/m0/s1. The fourth-order valence-corrected chi connectivity index (χ4v) is 6.75. The molecule has 9 nitrogen and oxygen atoms in total. The average Bonchev–Trinajstić information content (AvgIpc) is 3.48. The van der Waals surface area contributed by atoms with Gasteiger partial charge < -0.3 is 20.8 Å². The van der Waals surface area contributed by atoms with Crippen LogP contribution in [0.25, 0.3) is 21.7 Å². The third kappa shape index (κ3) is 5.00. The van der Waals surface area contributed by atoms with Crippen LogP contribution in [-0.4, -0.2) is 40.3 Å². The quantitative estimate of drug-likeness (QED) is 0.152. The third-order valence-electron chi connectivity index (χ3n) is 9.76. The molecule has 12 heteroatoms. The molecule has 2 bridgehead atoms. The van der Waals surface area contributed by atoms with Crippen molar-refractivity contribution < 1.29 is 17.9 Å². The molecule has 47 heavy (non-hydrogen) atoms. The van der Waals surface area contributed by atoms with Crippen LogP contribution in [0.1, 0.15) is 55.8 Å². The number of alkyl halides is 3. The fourth-order valence-electron chi connectivity index (χ4n) is 6.75. The number of fused-ring (bicyclic) bond motifs is 2. The van der Waals surface area contributed by atoms with Crippen LogP contribution >= 0.6 is 0 Å². The van der Waals surface area contributed by atoms with E-state index >= 15 is 0 Å². The zero-order valence-corrected chi connectivity index (χ0v) is 26.1. The number of aromatic nitrogens is 2. The Morgan fingerprint density at radius 2 is 1.91 bits per heavy atom. The highest BCUT2D eigenvalue weighted by Crippen LogP contribution is 2.60. The predicted molar refractivity (Wildman–Crippen MR) is 174 cm³/mol. The molecule has 240 valence electrons. The van der Waals surface area contributed by atoms with E-state index in [9.17, 15) is 18.4 Å². The number of halogens is 3. The van der Waals surface area contributed by atoms with Gasteiger partial charge in [0.2, 0.25) is 5.88 Å². The van der Waals surface area contributed by atoms with E-state index in [-0.39, 0.29) is 11.1 Å². The van der Waals surface area contributed by atoms with Crippen LogP contribution in [0.4, 0.5) is 24.5 Å². The monoisotopic (exact) mass is 638 g/mol. The summed E-state index contributed by atoms with van der Waals surface area (Å²) in [6, 6.07) is 13.0. The number of nitrogens with zero attached hydrogens (tertiary/aromatic N) is 4. The highest BCUT2D eigenvalue weighted by Gasteiger charge is 2.60. The molecule has 0 radical (unpaired) electrons. The Morgan fingerprint density at radius 1 is 1.13 bits per heavy atom. The van der Waals surface area contributed by atoms with Gasteiger partial charge in [-0.3, -0.25) is 9.99 Å². The summed E-state index contributed by atoms with van der Waals surface area (Å²) in [7, 11) is 1.58. The number of benzene rings is 2. The van der Waals surface area contributed by atoms with Crippen LogP contribution < -0.4 is 26.3 Å². The Kier molecular flexibility index (Phi) is 7.10. The molecule has 3 aliphatic carbocycles. The lowest BCUT2D eigenvalue weighted by atomic mass is 9.49. The molecule has 3 heterocycles. The summed E-state index contributed by atoms with van der Waals surface area (Å²) in [6.07, 6.45) is 9.94. The lowest BCUT2D eigenvalue weighted by molar-refractivity contribution is -0.206. The van der Waals surface area contributed by atoms with Crippen molar-refractivity contribution in [2.45, 2.75) is 50.9 Å². The average molecular weight is 639 g/mol. The van der Waals surface area contributed by atoms with Crippen molar-refractivity contribution in [3.63, 3.8) is 0 Å². The predicted octanol–water partition coefficient (Wildman–Crippen LogP) is 6.52. The lowest BCUT2D eigenvalue weighted by Gasteiger charge is -2.64. The van der Waals surface area contributed by atoms with Gasteiger partial charge in [0.15, 0.2) is 0 Å². The second-order valence-corrected chi connectivity index (χ2v) is 13.2. The number of nitriles is 1. The first-order chi connectivity index (χ1) is 22.5. The summed E-state index contributed by atoms with van der Waals surface area (Å²) in [5, 5.41) is 21.1. The highest BCUT2D eigenvalue weighted by atomic mass is 19.4. The van der Waals surface area contributed by atoms with Crippen LogP contribution in [0.3, 0.4) is 0 Å². The number of terminal acetylenes is 1. The number of anilines is 2. The number of ether oxygens (including phenoxy) is 1. The van der Waals surface area contributed by atoms with Gasteiger partial charge in [-0.2, -0.15) is 18.4 Å². The largest absolute Gasteiger partial charge is 0.481 e. The van der Waals surface area contributed by atoms with Gasteiger partial charge in [0, 0.05) is 41.6 Å². The second-order valence-electron chi connectivity index (χ2n) is 13.2. The van der Waals surface area contributed by atoms with Gasteiger partial charge in [-0.1, -0.05) is 18.1 Å². The smallest absolute Gasteiger partial charge is 0.395 e. The summed E-state index contributed by atoms with van der Waals surface area (Å²) in [4.78, 5) is 8.81. The van der Waals surface area contributed by atoms with Crippen molar-refractivity contribution in [2.75, 3.05) is 24.3 Å². The molecular weight excluding hydrogens is 605 g/mol. The van der Waals surface area contributed by atoms with Crippen LogP contribution in [0.5, 0.6) is 5.88 Å². The fraction of sp³-hybridized carbons (Fsp3) is 0.343. The molecule has 4 N–H and O–H groups in total. The van der Waals surface area contributed by atoms with E-state index in [1.54, 1.807) is 25.4 Å². The molecule has 2 aromatic heterocycles. The van der Waals surface area contributed by atoms with Crippen molar-refractivity contribution in [1.29, 1.82) is 5.26 Å². The molecule has 0 unspecified atom stereocenters. The van der Waals surface area contributed by atoms with E-state index in [0.717, 1.165) is 61.1 Å². The van der Waals surface area contributed by atoms with Gasteiger partial charge >= 0.3 is 6.18 Å². The topological polar surface area (TPSA) is 110 Å². The number of hydrogen-bond donors (Lipinski definition) is 4. The number of pyridine rings is 2. The Balaban J connectivity index is 1.34. The van der Waals surface area contributed by atoms with Crippen LogP contribution in [-0.2, 0) is 0 Å². The van der Waals surface area contributed by atoms with E-state index in [4.69, 9.17) is 11.2 Å². The molecule has 4 aromatic rings. The first-order valence-electron chi connectivity index (χ1n) is 15.3. The van der Waals surface area contributed by atoms with E-state index in [1.165, 1.54) is 6.20 Å². The maximum Gasteiger partial charge on any atom is 0.395 e. The summed E-state index contributed by atoms with van der Waals surface area (Å²) in [6.45, 7) is 1.82.